The van der Waals surface area contributed by atoms with Crippen molar-refractivity contribution in [2.75, 3.05) is 6.54 Å². The highest BCUT2D eigenvalue weighted by atomic mass is 16.6. The van der Waals surface area contributed by atoms with Gasteiger partial charge in [-0.15, -0.1) is 0 Å². The van der Waals surface area contributed by atoms with Gasteiger partial charge in [0.2, 0.25) is 0 Å². The first-order chi connectivity index (χ1) is 9.70. The summed E-state index contributed by atoms with van der Waals surface area (Å²) >= 11 is 0. The molecule has 0 aromatic heterocycles. The fourth-order valence-corrected chi connectivity index (χ4v) is 1.99. The second-order valence-corrected chi connectivity index (χ2v) is 5.85. The number of rotatable bonds is 3. The number of fused-ring (bicyclic) bond motifs is 1. The van der Waals surface area contributed by atoms with E-state index in [9.17, 15) is 14.4 Å². The van der Waals surface area contributed by atoms with Gasteiger partial charge in [0.15, 0.2) is 0 Å². The molecule has 0 radical (unpaired) electrons. The monoisotopic (exact) mass is 287 g/mol. The zero-order valence-electron chi connectivity index (χ0n) is 12.3. The standard InChI is InChI=1S/C16H17NO4/c1-10(15(20)21-16(2,3)4)9-17-13(18)11-7-5-6-8-12(11)14(17)19/h5-8H,1,9H2,2-4H3. The van der Waals surface area contributed by atoms with Crippen LogP contribution < -0.4 is 0 Å². The summed E-state index contributed by atoms with van der Waals surface area (Å²) in [6.45, 7) is 8.66. The van der Waals surface area contributed by atoms with Gasteiger partial charge in [-0.1, -0.05) is 18.7 Å². The Hall–Kier alpha value is -2.43. The molecule has 1 aliphatic heterocycles. The number of benzene rings is 1. The highest BCUT2D eigenvalue weighted by Crippen LogP contribution is 2.23. The van der Waals surface area contributed by atoms with Gasteiger partial charge in [0, 0.05) is 5.57 Å². The second kappa shape index (κ2) is 5.16. The van der Waals surface area contributed by atoms with Crippen molar-refractivity contribution in [2.45, 2.75) is 26.4 Å². The average molecular weight is 287 g/mol. The van der Waals surface area contributed by atoms with Gasteiger partial charge < -0.3 is 4.74 Å². The zero-order valence-corrected chi connectivity index (χ0v) is 12.3. The molecule has 1 aliphatic rings. The minimum absolute atomic E-state index is 0.0689. The molecular formula is C16H17NO4. The molecule has 2 amide bonds. The van der Waals surface area contributed by atoms with Crippen LogP contribution in [0.25, 0.3) is 0 Å². The summed E-state index contributed by atoms with van der Waals surface area (Å²) in [7, 11) is 0. The summed E-state index contributed by atoms with van der Waals surface area (Å²) in [5, 5.41) is 0. The molecular weight excluding hydrogens is 270 g/mol. The number of esters is 1. The molecule has 21 heavy (non-hydrogen) atoms. The van der Waals surface area contributed by atoms with Crippen molar-refractivity contribution in [3.63, 3.8) is 0 Å². The third-order valence-electron chi connectivity index (χ3n) is 2.91. The van der Waals surface area contributed by atoms with Crippen LogP contribution in [0, 0.1) is 0 Å². The van der Waals surface area contributed by atoms with Crippen LogP contribution in [0.1, 0.15) is 41.5 Å². The van der Waals surface area contributed by atoms with Crippen LogP contribution in [0.5, 0.6) is 0 Å². The summed E-state index contributed by atoms with van der Waals surface area (Å²) in [5.41, 5.74) is 0.112. The van der Waals surface area contributed by atoms with Crippen LogP contribution in [-0.4, -0.2) is 34.8 Å². The smallest absolute Gasteiger partial charge is 0.335 e. The van der Waals surface area contributed by atoms with E-state index in [1.165, 1.54) is 0 Å². The normalized spacial score (nSPS) is 14.1. The number of ether oxygens (including phenoxy) is 1. The molecule has 1 aromatic rings. The van der Waals surface area contributed by atoms with Crippen LogP contribution in [0.3, 0.4) is 0 Å². The Morgan fingerprint density at radius 2 is 1.62 bits per heavy atom. The molecule has 0 bridgehead atoms. The third-order valence-corrected chi connectivity index (χ3v) is 2.91. The maximum absolute atomic E-state index is 12.2. The number of amides is 2. The summed E-state index contributed by atoms with van der Waals surface area (Å²) < 4.78 is 5.17. The van der Waals surface area contributed by atoms with Gasteiger partial charge >= 0.3 is 5.97 Å². The molecule has 0 fully saturated rings. The third kappa shape index (κ3) is 3.02. The molecule has 0 N–H and O–H groups in total. The van der Waals surface area contributed by atoms with E-state index < -0.39 is 23.4 Å². The predicted molar refractivity (Wildman–Crippen MR) is 76.8 cm³/mol. The molecule has 5 heteroatoms. The van der Waals surface area contributed by atoms with Crippen LogP contribution in [-0.2, 0) is 9.53 Å². The van der Waals surface area contributed by atoms with Gasteiger partial charge in [-0.05, 0) is 32.9 Å². The van der Waals surface area contributed by atoms with E-state index in [0.717, 1.165) is 4.90 Å². The average Bonchev–Trinajstić information content (AvgIpc) is 2.62. The number of nitrogens with zero attached hydrogens (tertiary/aromatic N) is 1. The van der Waals surface area contributed by atoms with E-state index in [0.29, 0.717) is 11.1 Å². The maximum Gasteiger partial charge on any atom is 0.335 e. The summed E-state index contributed by atoms with van der Waals surface area (Å²) in [6, 6.07) is 6.56. The van der Waals surface area contributed by atoms with Gasteiger partial charge in [-0.2, -0.15) is 0 Å². The first-order valence-corrected chi connectivity index (χ1v) is 6.57. The highest BCUT2D eigenvalue weighted by Gasteiger charge is 2.36. The molecule has 110 valence electrons. The number of carbonyl (C=O) groups is 3. The van der Waals surface area contributed by atoms with E-state index in [1.807, 2.05) is 0 Å². The van der Waals surface area contributed by atoms with Crippen LogP contribution >= 0.6 is 0 Å². The van der Waals surface area contributed by atoms with E-state index in [2.05, 4.69) is 6.58 Å². The molecule has 1 aromatic carbocycles. The van der Waals surface area contributed by atoms with Crippen molar-refractivity contribution in [1.82, 2.24) is 4.90 Å². The Bertz CT molecular complexity index is 605. The fraction of sp³-hybridized carbons (Fsp3) is 0.312. The predicted octanol–water partition coefficient (Wildman–Crippen LogP) is 2.18. The minimum atomic E-state index is -0.651. The summed E-state index contributed by atoms with van der Waals surface area (Å²) in [4.78, 5) is 37.2. The molecule has 0 saturated carbocycles. The van der Waals surface area contributed by atoms with E-state index in [4.69, 9.17) is 4.74 Å². The van der Waals surface area contributed by atoms with Gasteiger partial charge in [0.05, 0.1) is 17.7 Å². The highest BCUT2D eigenvalue weighted by molar-refractivity contribution is 6.21. The summed E-state index contributed by atoms with van der Waals surface area (Å²) in [5.74, 6) is -1.44. The molecule has 0 spiro atoms. The van der Waals surface area contributed by atoms with Gasteiger partial charge in [-0.25, -0.2) is 4.79 Å². The quantitative estimate of drug-likeness (QED) is 0.485. The number of imide groups is 1. The lowest BCUT2D eigenvalue weighted by molar-refractivity contribution is -0.150. The van der Waals surface area contributed by atoms with Gasteiger partial charge in [0.25, 0.3) is 11.8 Å². The van der Waals surface area contributed by atoms with Crippen molar-refractivity contribution in [1.29, 1.82) is 0 Å². The number of carbonyl (C=O) groups excluding carboxylic acids is 3. The van der Waals surface area contributed by atoms with Crippen LogP contribution in [0.2, 0.25) is 0 Å². The van der Waals surface area contributed by atoms with Crippen molar-refractivity contribution < 1.29 is 19.1 Å². The number of hydrogen-bond donors (Lipinski definition) is 0. The topological polar surface area (TPSA) is 63.7 Å². The van der Waals surface area contributed by atoms with E-state index in [1.54, 1.807) is 45.0 Å². The lowest BCUT2D eigenvalue weighted by Gasteiger charge is -2.21. The molecule has 0 saturated heterocycles. The minimum Gasteiger partial charge on any atom is -0.457 e. The lowest BCUT2D eigenvalue weighted by atomic mass is 10.1. The van der Waals surface area contributed by atoms with E-state index in [-0.39, 0.29) is 12.1 Å². The van der Waals surface area contributed by atoms with Crippen LogP contribution in [0.15, 0.2) is 36.4 Å². The Morgan fingerprint density at radius 1 is 1.14 bits per heavy atom. The molecule has 1 heterocycles. The van der Waals surface area contributed by atoms with Gasteiger partial charge in [-0.3, -0.25) is 14.5 Å². The van der Waals surface area contributed by atoms with Gasteiger partial charge in [0.1, 0.15) is 5.60 Å². The largest absolute Gasteiger partial charge is 0.457 e. The number of hydrogen-bond acceptors (Lipinski definition) is 4. The molecule has 5 nitrogen and oxygen atoms in total. The van der Waals surface area contributed by atoms with Crippen molar-refractivity contribution in [3.8, 4) is 0 Å². The molecule has 2 rings (SSSR count). The molecule has 0 aliphatic carbocycles. The van der Waals surface area contributed by atoms with Crippen molar-refractivity contribution >= 4 is 17.8 Å². The Morgan fingerprint density at radius 3 is 2.05 bits per heavy atom. The molecule has 0 unspecified atom stereocenters. The fourth-order valence-electron chi connectivity index (χ4n) is 1.99. The Labute approximate surface area is 123 Å². The van der Waals surface area contributed by atoms with Crippen LogP contribution in [0.4, 0.5) is 0 Å². The van der Waals surface area contributed by atoms with Crippen molar-refractivity contribution in [3.05, 3.63) is 47.5 Å². The molecule has 0 atom stereocenters. The first kappa shape index (κ1) is 15.0. The maximum atomic E-state index is 12.2. The lowest BCUT2D eigenvalue weighted by Crippen LogP contribution is -2.35. The SMILES string of the molecule is C=C(CN1C(=O)c2ccccc2C1=O)C(=O)OC(C)(C)C. The van der Waals surface area contributed by atoms with Crippen molar-refractivity contribution in [2.24, 2.45) is 0 Å². The first-order valence-electron chi connectivity index (χ1n) is 6.57. The Kier molecular flexibility index (Phi) is 3.68. The second-order valence-electron chi connectivity index (χ2n) is 5.85. The summed E-state index contributed by atoms with van der Waals surface area (Å²) in [6.07, 6.45) is 0. The Balaban J connectivity index is 2.12. The zero-order chi connectivity index (χ0) is 15.8. The van der Waals surface area contributed by atoms with E-state index >= 15 is 0 Å².